The molecule has 0 bridgehead atoms. The normalized spacial score (nSPS) is 20.1. The molecular weight excluding hydrogens is 399 g/mol. The van der Waals surface area contributed by atoms with Crippen molar-refractivity contribution in [1.29, 1.82) is 0 Å². The smallest absolute Gasteiger partial charge is 0.249 e. The molecule has 3 nitrogen and oxygen atoms in total. The molecule has 0 amide bonds. The van der Waals surface area contributed by atoms with Crippen molar-refractivity contribution in [3.8, 4) is 0 Å². The monoisotopic (exact) mass is 405 g/mol. The third-order valence-corrected chi connectivity index (χ3v) is 3.78. The lowest BCUT2D eigenvalue weighted by molar-refractivity contribution is 0.376. The molecule has 1 aromatic carbocycles. The SMILES string of the molecule is CN1C(C(Cl)(Cl)Cl)=NC(C(Cl)(Cl)Cl)=NC1c1ccccc1. The lowest BCUT2D eigenvalue weighted by atomic mass is 10.1. The number of hydrogen-bond acceptors (Lipinski definition) is 3. The van der Waals surface area contributed by atoms with Gasteiger partial charge in [-0.25, -0.2) is 9.98 Å². The molecule has 1 aliphatic rings. The number of halogens is 6. The minimum atomic E-state index is -1.81. The molecule has 0 aliphatic carbocycles. The van der Waals surface area contributed by atoms with E-state index < -0.39 is 13.8 Å². The van der Waals surface area contributed by atoms with Gasteiger partial charge in [-0.3, -0.25) is 0 Å². The van der Waals surface area contributed by atoms with Crippen molar-refractivity contribution in [1.82, 2.24) is 4.90 Å². The Hall–Kier alpha value is 0.1000. The van der Waals surface area contributed by atoms with Crippen LogP contribution in [0.1, 0.15) is 11.7 Å². The summed E-state index contributed by atoms with van der Waals surface area (Å²) in [5, 5.41) is 0. The van der Waals surface area contributed by atoms with Gasteiger partial charge in [0.25, 0.3) is 0 Å². The van der Waals surface area contributed by atoms with Crippen LogP contribution in [0.4, 0.5) is 0 Å². The molecule has 114 valence electrons. The van der Waals surface area contributed by atoms with Crippen LogP contribution < -0.4 is 0 Å². The highest BCUT2D eigenvalue weighted by molar-refractivity contribution is 6.79. The first-order valence-corrected chi connectivity index (χ1v) is 7.96. The minimum Gasteiger partial charge on any atom is -0.334 e. The molecule has 0 aromatic heterocycles. The summed E-state index contributed by atoms with van der Waals surface area (Å²) in [6.07, 6.45) is -0.500. The van der Waals surface area contributed by atoms with Crippen LogP contribution >= 0.6 is 69.6 Å². The number of nitrogens with zero attached hydrogens (tertiary/aromatic N) is 3. The van der Waals surface area contributed by atoms with Crippen LogP contribution in [-0.2, 0) is 0 Å². The van der Waals surface area contributed by atoms with E-state index in [9.17, 15) is 0 Å². The van der Waals surface area contributed by atoms with Crippen molar-refractivity contribution in [3.63, 3.8) is 0 Å². The highest BCUT2D eigenvalue weighted by atomic mass is 35.6. The van der Waals surface area contributed by atoms with Crippen molar-refractivity contribution in [3.05, 3.63) is 35.9 Å². The molecule has 9 heteroatoms. The summed E-state index contributed by atoms with van der Waals surface area (Å²) in [6.45, 7) is 0. The summed E-state index contributed by atoms with van der Waals surface area (Å²) >= 11 is 35.5. The molecule has 1 heterocycles. The number of hydrogen-bond donors (Lipinski definition) is 0. The maximum absolute atomic E-state index is 5.95. The Morgan fingerprint density at radius 1 is 0.952 bits per heavy atom. The first-order valence-electron chi connectivity index (χ1n) is 5.69. The number of benzene rings is 1. The van der Waals surface area contributed by atoms with E-state index in [0.717, 1.165) is 5.56 Å². The van der Waals surface area contributed by atoms with Gasteiger partial charge in [-0.15, -0.1) is 0 Å². The molecule has 1 unspecified atom stereocenters. The van der Waals surface area contributed by atoms with Crippen molar-refractivity contribution in [2.45, 2.75) is 13.8 Å². The number of amidine groups is 2. The molecule has 0 N–H and O–H groups in total. The second-order valence-corrected chi connectivity index (χ2v) is 8.84. The zero-order chi connectivity index (χ0) is 15.8. The molecule has 0 radical (unpaired) electrons. The van der Waals surface area contributed by atoms with E-state index in [1.807, 2.05) is 30.3 Å². The van der Waals surface area contributed by atoms with E-state index in [-0.39, 0.29) is 11.7 Å². The molecule has 1 aliphatic heterocycles. The van der Waals surface area contributed by atoms with E-state index in [1.165, 1.54) is 0 Å². The number of aliphatic imine (C=N–C) groups is 2. The quantitative estimate of drug-likeness (QED) is 0.590. The Balaban J connectivity index is 2.53. The van der Waals surface area contributed by atoms with E-state index in [4.69, 9.17) is 69.6 Å². The standard InChI is InChI=1S/C12H9Cl6N3/c1-21-8(7-5-3-2-4-6-7)19-9(11(13,14)15)20-10(21)12(16,17)18/h2-6,8H,1H3. The summed E-state index contributed by atoms with van der Waals surface area (Å²) in [4.78, 5) is 10.1. The maximum Gasteiger partial charge on any atom is 0.249 e. The minimum absolute atomic E-state index is 0.0271. The van der Waals surface area contributed by atoms with Gasteiger partial charge in [0.1, 0.15) is 6.17 Å². The van der Waals surface area contributed by atoms with Gasteiger partial charge in [0.2, 0.25) is 7.59 Å². The lowest BCUT2D eigenvalue weighted by Gasteiger charge is -2.35. The fraction of sp³-hybridized carbons (Fsp3) is 0.333. The Morgan fingerprint density at radius 3 is 2.00 bits per heavy atom. The second-order valence-electron chi connectivity index (χ2n) is 4.28. The van der Waals surface area contributed by atoms with Gasteiger partial charge in [0.05, 0.1) is 0 Å². The van der Waals surface area contributed by atoms with Gasteiger partial charge in [0.15, 0.2) is 11.7 Å². The molecule has 1 atom stereocenters. The summed E-state index contributed by atoms with van der Waals surface area (Å²) in [5.74, 6) is 0.110. The third kappa shape index (κ3) is 4.10. The zero-order valence-corrected chi connectivity index (χ0v) is 15.1. The Morgan fingerprint density at radius 2 is 1.52 bits per heavy atom. The van der Waals surface area contributed by atoms with Crippen LogP contribution in [-0.4, -0.2) is 31.2 Å². The predicted molar refractivity (Wildman–Crippen MR) is 92.4 cm³/mol. The van der Waals surface area contributed by atoms with Crippen LogP contribution in [0.25, 0.3) is 0 Å². The summed E-state index contributed by atoms with van der Waals surface area (Å²) in [7, 11) is 1.71. The maximum atomic E-state index is 5.95. The van der Waals surface area contributed by atoms with Gasteiger partial charge >= 0.3 is 0 Å². The van der Waals surface area contributed by atoms with Crippen molar-refractivity contribution in [2.75, 3.05) is 7.05 Å². The fourth-order valence-electron chi connectivity index (χ4n) is 1.85. The van der Waals surface area contributed by atoms with E-state index in [1.54, 1.807) is 11.9 Å². The summed E-state index contributed by atoms with van der Waals surface area (Å²) in [5.41, 5.74) is 0.855. The van der Waals surface area contributed by atoms with Crippen LogP contribution in [0.3, 0.4) is 0 Å². The van der Waals surface area contributed by atoms with Crippen LogP contribution in [0.2, 0.25) is 0 Å². The first-order chi connectivity index (χ1) is 9.60. The largest absolute Gasteiger partial charge is 0.334 e. The van der Waals surface area contributed by atoms with Gasteiger partial charge in [0, 0.05) is 7.05 Å². The van der Waals surface area contributed by atoms with Crippen molar-refractivity contribution in [2.24, 2.45) is 9.98 Å². The molecule has 0 saturated carbocycles. The Labute approximate surface area is 152 Å². The fourth-order valence-corrected chi connectivity index (χ4v) is 2.65. The molecule has 0 fully saturated rings. The Bertz CT molecular complexity index is 573. The number of rotatable bonds is 1. The topological polar surface area (TPSA) is 28.0 Å². The van der Waals surface area contributed by atoms with E-state index >= 15 is 0 Å². The average Bonchev–Trinajstić information content (AvgIpc) is 2.37. The molecule has 2 rings (SSSR count). The Kier molecular flexibility index (Phi) is 5.24. The summed E-state index contributed by atoms with van der Waals surface area (Å²) < 4.78 is -3.58. The average molecular weight is 408 g/mol. The van der Waals surface area contributed by atoms with Gasteiger partial charge in [-0.2, -0.15) is 0 Å². The summed E-state index contributed by atoms with van der Waals surface area (Å²) in [6, 6.07) is 9.38. The van der Waals surface area contributed by atoms with E-state index in [2.05, 4.69) is 9.98 Å². The molecule has 21 heavy (non-hydrogen) atoms. The molecular formula is C12H9Cl6N3. The third-order valence-electron chi connectivity index (χ3n) is 2.76. The van der Waals surface area contributed by atoms with E-state index in [0.29, 0.717) is 0 Å². The molecule has 0 spiro atoms. The molecule has 1 aromatic rings. The molecule has 0 saturated heterocycles. The van der Waals surface area contributed by atoms with Gasteiger partial charge in [-0.1, -0.05) is 99.9 Å². The number of alkyl halides is 6. The van der Waals surface area contributed by atoms with Crippen LogP contribution in [0.15, 0.2) is 40.3 Å². The first kappa shape index (κ1) is 17.5. The van der Waals surface area contributed by atoms with Gasteiger partial charge in [-0.05, 0) is 5.56 Å². The van der Waals surface area contributed by atoms with Crippen LogP contribution in [0.5, 0.6) is 0 Å². The lowest BCUT2D eigenvalue weighted by Crippen LogP contribution is -2.43. The van der Waals surface area contributed by atoms with Crippen molar-refractivity contribution < 1.29 is 0 Å². The highest BCUT2D eigenvalue weighted by Gasteiger charge is 2.41. The second kappa shape index (κ2) is 6.31. The zero-order valence-electron chi connectivity index (χ0n) is 10.6. The van der Waals surface area contributed by atoms with Crippen LogP contribution in [0, 0.1) is 0 Å². The van der Waals surface area contributed by atoms with Crippen molar-refractivity contribution >= 4 is 81.3 Å². The highest BCUT2D eigenvalue weighted by Crippen LogP contribution is 2.39. The van der Waals surface area contributed by atoms with Gasteiger partial charge < -0.3 is 4.90 Å². The predicted octanol–water partition coefficient (Wildman–Crippen LogP) is 5.17.